The number of nitro benzene ring substituents is 1. The van der Waals surface area contributed by atoms with Crippen LogP contribution >= 0.6 is 11.6 Å². The average Bonchev–Trinajstić information content (AvgIpc) is 2.15. The van der Waals surface area contributed by atoms with Crippen LogP contribution in [-0.2, 0) is 4.79 Å². The van der Waals surface area contributed by atoms with Crippen LogP contribution < -0.4 is 5.43 Å². The maximum absolute atomic E-state index is 10.5. The van der Waals surface area contributed by atoms with Crippen molar-refractivity contribution in [2.75, 3.05) is 5.43 Å². The fourth-order valence-electron chi connectivity index (χ4n) is 0.833. The van der Waals surface area contributed by atoms with Crippen LogP contribution in [0.2, 0.25) is 5.02 Å². The summed E-state index contributed by atoms with van der Waals surface area (Å²) in [4.78, 5) is 19.6. The first-order valence-electron chi connectivity index (χ1n) is 3.42. The Morgan fingerprint density at radius 1 is 1.57 bits per heavy atom. The molecule has 0 heterocycles. The van der Waals surface area contributed by atoms with Gasteiger partial charge in [-0.05, 0) is 12.1 Å². The van der Waals surface area contributed by atoms with E-state index < -0.39 is 4.92 Å². The molecule has 0 aromatic heterocycles. The van der Waals surface area contributed by atoms with Crippen LogP contribution in [0.1, 0.15) is 0 Å². The second-order valence-corrected chi connectivity index (χ2v) is 2.67. The van der Waals surface area contributed by atoms with Crippen LogP contribution in [0, 0.1) is 10.1 Å². The Morgan fingerprint density at radius 3 is 2.86 bits per heavy atom. The van der Waals surface area contributed by atoms with Crippen LogP contribution in [0.25, 0.3) is 0 Å². The lowest BCUT2D eigenvalue weighted by Gasteiger charge is -1.99. The highest BCUT2D eigenvalue weighted by Gasteiger charge is 2.13. The lowest BCUT2D eigenvalue weighted by molar-refractivity contribution is -0.383. The van der Waals surface area contributed by atoms with Crippen molar-refractivity contribution < 1.29 is 9.72 Å². The molecule has 0 saturated heterocycles. The lowest BCUT2D eigenvalue weighted by Crippen LogP contribution is -1.95. The minimum atomic E-state index is -0.630. The third-order valence-corrected chi connectivity index (χ3v) is 1.61. The van der Waals surface area contributed by atoms with E-state index in [2.05, 4.69) is 10.5 Å². The summed E-state index contributed by atoms with van der Waals surface area (Å²) in [5.41, 5.74) is 2.01. The van der Waals surface area contributed by atoms with Crippen LogP contribution in [0.4, 0.5) is 11.4 Å². The van der Waals surface area contributed by atoms with Crippen molar-refractivity contribution in [1.29, 1.82) is 0 Å². The number of benzene rings is 1. The summed E-state index contributed by atoms with van der Waals surface area (Å²) in [6, 6.07) is 3.95. The van der Waals surface area contributed by atoms with Gasteiger partial charge in [-0.2, -0.15) is 0 Å². The molecule has 14 heavy (non-hydrogen) atoms. The van der Waals surface area contributed by atoms with E-state index in [4.69, 9.17) is 11.6 Å². The highest BCUT2D eigenvalue weighted by molar-refractivity contribution is 6.30. The zero-order valence-electron chi connectivity index (χ0n) is 6.73. The molecule has 0 aliphatic carbocycles. The third kappa shape index (κ3) is 2.29. The zero-order chi connectivity index (χ0) is 10.6. The van der Waals surface area contributed by atoms with Crippen molar-refractivity contribution in [3.05, 3.63) is 33.3 Å². The first-order chi connectivity index (χ1) is 6.65. The molecule has 0 unspecified atom stereocenters. The lowest BCUT2D eigenvalue weighted by atomic mass is 10.3. The molecule has 0 spiro atoms. The van der Waals surface area contributed by atoms with E-state index in [0.717, 1.165) is 6.07 Å². The number of rotatable bonds is 3. The Labute approximate surface area is 83.3 Å². The number of halogens is 1. The molecule has 1 aromatic carbocycles. The summed E-state index contributed by atoms with van der Waals surface area (Å²) in [5, 5.41) is 13.7. The molecule has 0 aliphatic heterocycles. The van der Waals surface area contributed by atoms with Gasteiger partial charge in [0.2, 0.25) is 0 Å². The standard InChI is InChI=1S/C7H4ClN3O3/c8-5-1-2-6(10-9-4-12)7(3-5)11(13)14/h1-3,10H. The maximum Gasteiger partial charge on any atom is 0.295 e. The van der Waals surface area contributed by atoms with Gasteiger partial charge in [0.05, 0.1) is 4.92 Å². The van der Waals surface area contributed by atoms with Crippen LogP contribution in [0.5, 0.6) is 0 Å². The SMILES string of the molecule is O=C=NNc1ccc(Cl)cc1[N+](=O)[O-]. The van der Waals surface area contributed by atoms with Gasteiger partial charge in [0.25, 0.3) is 11.8 Å². The smallest absolute Gasteiger partial charge is 0.260 e. The van der Waals surface area contributed by atoms with Crippen molar-refractivity contribution in [3.63, 3.8) is 0 Å². The Kier molecular flexibility index (Phi) is 3.17. The number of hydrogen-bond donors (Lipinski definition) is 1. The third-order valence-electron chi connectivity index (χ3n) is 1.38. The van der Waals surface area contributed by atoms with E-state index in [1.54, 1.807) is 0 Å². The predicted molar refractivity (Wildman–Crippen MR) is 49.9 cm³/mol. The van der Waals surface area contributed by atoms with E-state index >= 15 is 0 Å². The largest absolute Gasteiger partial charge is 0.295 e. The molecule has 1 rings (SSSR count). The van der Waals surface area contributed by atoms with Crippen LogP contribution in [-0.4, -0.2) is 11.0 Å². The summed E-state index contributed by atoms with van der Waals surface area (Å²) >= 11 is 5.55. The molecule has 0 aliphatic rings. The van der Waals surface area contributed by atoms with Crippen molar-refractivity contribution in [2.45, 2.75) is 0 Å². The van der Waals surface area contributed by atoms with Crippen molar-refractivity contribution in [2.24, 2.45) is 5.10 Å². The summed E-state index contributed by atoms with van der Waals surface area (Å²) in [6.45, 7) is 0. The molecular weight excluding hydrogens is 210 g/mol. The first kappa shape index (κ1) is 10.2. The second-order valence-electron chi connectivity index (χ2n) is 2.23. The molecule has 6 nitrogen and oxygen atoms in total. The molecule has 0 amide bonds. The quantitative estimate of drug-likeness (QED) is 0.360. The van der Waals surface area contributed by atoms with E-state index in [-0.39, 0.29) is 16.4 Å². The number of isocyanates is 1. The molecule has 0 atom stereocenters. The first-order valence-corrected chi connectivity index (χ1v) is 3.80. The minimum Gasteiger partial charge on any atom is -0.260 e. The van der Waals surface area contributed by atoms with Gasteiger partial charge < -0.3 is 0 Å². The summed E-state index contributed by atoms with van der Waals surface area (Å²) < 4.78 is 0. The molecule has 1 aromatic rings. The summed E-state index contributed by atoms with van der Waals surface area (Å²) in [5.74, 6) is 0. The Bertz CT molecular complexity index is 415. The molecule has 1 N–H and O–H groups in total. The maximum atomic E-state index is 10.5. The molecule has 0 radical (unpaired) electrons. The number of hydrogen-bond acceptors (Lipinski definition) is 5. The number of nitrogens with zero attached hydrogens (tertiary/aromatic N) is 2. The normalized spacial score (nSPS) is 8.93. The second kappa shape index (κ2) is 4.36. The molecule has 0 saturated carbocycles. The molecule has 0 bridgehead atoms. The van der Waals surface area contributed by atoms with Crippen molar-refractivity contribution in [1.82, 2.24) is 0 Å². The average molecular weight is 214 g/mol. The minimum absolute atomic E-state index is 0.0859. The topological polar surface area (TPSA) is 84.6 Å². The van der Waals surface area contributed by atoms with Gasteiger partial charge in [0.1, 0.15) is 5.69 Å². The predicted octanol–water partition coefficient (Wildman–Crippen LogP) is 1.91. The summed E-state index contributed by atoms with van der Waals surface area (Å²) in [7, 11) is 0. The van der Waals surface area contributed by atoms with Crippen molar-refractivity contribution in [3.8, 4) is 0 Å². The fourth-order valence-corrected chi connectivity index (χ4v) is 1.000. The van der Waals surface area contributed by atoms with Gasteiger partial charge in [-0.25, -0.2) is 4.79 Å². The monoisotopic (exact) mass is 213 g/mol. The highest BCUT2D eigenvalue weighted by Crippen LogP contribution is 2.27. The number of anilines is 1. The van der Waals surface area contributed by atoms with E-state index in [0.29, 0.717) is 0 Å². The zero-order valence-corrected chi connectivity index (χ0v) is 7.49. The van der Waals surface area contributed by atoms with E-state index in [1.165, 1.54) is 18.2 Å². The number of nitrogens with one attached hydrogen (secondary N) is 1. The number of nitro groups is 1. The van der Waals surface area contributed by atoms with Gasteiger partial charge in [-0.3, -0.25) is 15.5 Å². The molecule has 7 heteroatoms. The Morgan fingerprint density at radius 2 is 2.29 bits per heavy atom. The van der Waals surface area contributed by atoms with E-state index in [1.807, 2.05) is 0 Å². The molecule has 0 fully saturated rings. The molecular formula is C7H4ClN3O3. The molecule has 72 valence electrons. The van der Waals surface area contributed by atoms with Gasteiger partial charge in [-0.15, -0.1) is 0 Å². The van der Waals surface area contributed by atoms with Gasteiger partial charge >= 0.3 is 0 Å². The van der Waals surface area contributed by atoms with Crippen molar-refractivity contribution >= 4 is 29.1 Å². The van der Waals surface area contributed by atoms with Gasteiger partial charge in [0.15, 0.2) is 0 Å². The Hall–Kier alpha value is -1.91. The number of carbonyl (C=O) groups excluding carboxylic acids is 1. The van der Waals surface area contributed by atoms with Crippen LogP contribution in [0.3, 0.4) is 0 Å². The Balaban J connectivity index is 3.14. The summed E-state index contributed by atoms with van der Waals surface area (Å²) in [6.07, 6.45) is 1.21. The number of hydrazone groups is 1. The van der Waals surface area contributed by atoms with Gasteiger partial charge in [-0.1, -0.05) is 16.7 Å². The van der Waals surface area contributed by atoms with Crippen LogP contribution in [0.15, 0.2) is 23.3 Å². The fraction of sp³-hybridized carbons (Fsp3) is 0. The highest BCUT2D eigenvalue weighted by atomic mass is 35.5. The van der Waals surface area contributed by atoms with Gasteiger partial charge in [0, 0.05) is 11.1 Å². The van der Waals surface area contributed by atoms with E-state index in [9.17, 15) is 14.9 Å².